The van der Waals surface area contributed by atoms with Crippen molar-refractivity contribution in [3.8, 4) is 11.5 Å². The molecule has 0 fully saturated rings. The van der Waals surface area contributed by atoms with Crippen LogP contribution in [0.4, 0.5) is 0 Å². The van der Waals surface area contributed by atoms with Gasteiger partial charge in [0.25, 0.3) is 0 Å². The van der Waals surface area contributed by atoms with Gasteiger partial charge in [0.2, 0.25) is 0 Å². The third kappa shape index (κ3) is 1.37. The van der Waals surface area contributed by atoms with Crippen molar-refractivity contribution in [1.82, 2.24) is 0 Å². The van der Waals surface area contributed by atoms with E-state index in [9.17, 15) is 10.2 Å². The Balaban J connectivity index is 3.56. The second-order valence-electron chi connectivity index (χ2n) is 3.40. The first-order chi connectivity index (χ1) is 6.00. The average Bonchev–Trinajstić information content (AvgIpc) is 2.13. The van der Waals surface area contributed by atoms with E-state index in [1.807, 2.05) is 27.7 Å². The average molecular weight is 180 g/mol. The van der Waals surface area contributed by atoms with Crippen molar-refractivity contribution < 1.29 is 10.2 Å². The van der Waals surface area contributed by atoms with Gasteiger partial charge in [-0.1, -0.05) is 6.92 Å². The summed E-state index contributed by atoms with van der Waals surface area (Å²) < 4.78 is 0. The summed E-state index contributed by atoms with van der Waals surface area (Å²) in [6.45, 7) is 7.44. The van der Waals surface area contributed by atoms with Gasteiger partial charge in [0.05, 0.1) is 0 Å². The molecule has 1 aromatic carbocycles. The van der Waals surface area contributed by atoms with Crippen LogP contribution >= 0.6 is 0 Å². The van der Waals surface area contributed by atoms with Crippen molar-refractivity contribution in [2.75, 3.05) is 0 Å². The number of hydrogen-bond donors (Lipinski definition) is 2. The predicted octanol–water partition coefficient (Wildman–Crippen LogP) is 2.59. The molecule has 2 heteroatoms. The maximum Gasteiger partial charge on any atom is 0.122 e. The van der Waals surface area contributed by atoms with Crippen LogP contribution in [0.15, 0.2) is 0 Å². The smallest absolute Gasteiger partial charge is 0.122 e. The largest absolute Gasteiger partial charge is 0.507 e. The molecule has 2 nitrogen and oxygen atoms in total. The molecule has 0 bridgehead atoms. The van der Waals surface area contributed by atoms with E-state index in [0.29, 0.717) is 11.5 Å². The van der Waals surface area contributed by atoms with Crippen molar-refractivity contribution in [2.24, 2.45) is 0 Å². The van der Waals surface area contributed by atoms with Crippen molar-refractivity contribution in [2.45, 2.75) is 34.1 Å². The van der Waals surface area contributed by atoms with Crippen LogP contribution in [0.25, 0.3) is 0 Å². The fourth-order valence-electron chi connectivity index (χ4n) is 1.62. The van der Waals surface area contributed by atoms with Crippen LogP contribution in [0.5, 0.6) is 11.5 Å². The molecule has 0 heterocycles. The molecule has 0 spiro atoms. The Hall–Kier alpha value is -1.18. The Morgan fingerprint density at radius 1 is 0.846 bits per heavy atom. The zero-order valence-electron chi connectivity index (χ0n) is 8.60. The third-order valence-electron chi connectivity index (χ3n) is 2.72. The van der Waals surface area contributed by atoms with E-state index in [4.69, 9.17) is 0 Å². The van der Waals surface area contributed by atoms with Crippen LogP contribution in [-0.4, -0.2) is 10.2 Å². The zero-order chi connectivity index (χ0) is 10.2. The number of phenolic OH excluding ortho intramolecular Hbond substituents is 2. The van der Waals surface area contributed by atoms with E-state index >= 15 is 0 Å². The molecular formula is C11H16O2. The number of benzene rings is 1. The summed E-state index contributed by atoms with van der Waals surface area (Å²) in [5, 5.41) is 19.5. The lowest BCUT2D eigenvalue weighted by molar-refractivity contribution is 0.444. The molecule has 72 valence electrons. The molecule has 0 saturated heterocycles. The topological polar surface area (TPSA) is 40.5 Å². The molecule has 0 aliphatic carbocycles. The molecule has 0 aliphatic rings. The Bertz CT molecular complexity index is 311. The van der Waals surface area contributed by atoms with Gasteiger partial charge in [-0.3, -0.25) is 0 Å². The van der Waals surface area contributed by atoms with E-state index in [2.05, 4.69) is 0 Å². The van der Waals surface area contributed by atoms with Crippen molar-refractivity contribution in [3.63, 3.8) is 0 Å². The van der Waals surface area contributed by atoms with Gasteiger partial charge >= 0.3 is 0 Å². The Kier molecular flexibility index (Phi) is 2.50. The minimum absolute atomic E-state index is 0.312. The van der Waals surface area contributed by atoms with Gasteiger partial charge in [0.1, 0.15) is 11.5 Å². The Morgan fingerprint density at radius 2 is 1.31 bits per heavy atom. The molecule has 1 rings (SSSR count). The summed E-state index contributed by atoms with van der Waals surface area (Å²) in [4.78, 5) is 0. The fraction of sp³-hybridized carbons (Fsp3) is 0.455. The van der Waals surface area contributed by atoms with Gasteiger partial charge < -0.3 is 10.2 Å². The summed E-state index contributed by atoms with van der Waals surface area (Å²) in [5.74, 6) is 0.641. The van der Waals surface area contributed by atoms with E-state index < -0.39 is 0 Å². The van der Waals surface area contributed by atoms with E-state index in [1.165, 1.54) is 0 Å². The van der Waals surface area contributed by atoms with Crippen LogP contribution in [0.1, 0.15) is 29.2 Å². The third-order valence-corrected chi connectivity index (χ3v) is 2.72. The first kappa shape index (κ1) is 9.90. The second-order valence-corrected chi connectivity index (χ2v) is 3.40. The van der Waals surface area contributed by atoms with Gasteiger partial charge in [-0.15, -0.1) is 0 Å². The molecule has 0 saturated carbocycles. The Labute approximate surface area is 78.8 Å². The normalized spacial score (nSPS) is 10.5. The SMILES string of the molecule is CCc1c(C)c(O)c(C)c(C)c1O. The van der Waals surface area contributed by atoms with Crippen LogP contribution in [0, 0.1) is 20.8 Å². The molecule has 2 N–H and O–H groups in total. The van der Waals surface area contributed by atoms with E-state index in [1.54, 1.807) is 0 Å². The van der Waals surface area contributed by atoms with Crippen LogP contribution in [-0.2, 0) is 6.42 Å². The maximum absolute atomic E-state index is 9.77. The highest BCUT2D eigenvalue weighted by Crippen LogP contribution is 2.36. The fourth-order valence-corrected chi connectivity index (χ4v) is 1.62. The number of rotatable bonds is 1. The van der Waals surface area contributed by atoms with Crippen LogP contribution in [0.2, 0.25) is 0 Å². The number of hydrogen-bond acceptors (Lipinski definition) is 2. The minimum atomic E-state index is 0.312. The molecular weight excluding hydrogens is 164 g/mol. The van der Waals surface area contributed by atoms with Gasteiger partial charge in [-0.05, 0) is 43.9 Å². The standard InChI is InChI=1S/C11H16O2/c1-5-9-8(4)10(12)6(2)7(3)11(9)13/h12-13H,5H2,1-4H3. The summed E-state index contributed by atoms with van der Waals surface area (Å²) in [5.41, 5.74) is 3.19. The maximum atomic E-state index is 9.77. The highest BCUT2D eigenvalue weighted by molar-refractivity contribution is 5.56. The molecule has 0 aromatic heterocycles. The van der Waals surface area contributed by atoms with Crippen molar-refractivity contribution in [1.29, 1.82) is 0 Å². The molecule has 0 unspecified atom stereocenters. The van der Waals surface area contributed by atoms with E-state index in [0.717, 1.165) is 28.7 Å². The number of aromatic hydroxyl groups is 2. The zero-order valence-corrected chi connectivity index (χ0v) is 8.60. The highest BCUT2D eigenvalue weighted by Gasteiger charge is 2.14. The minimum Gasteiger partial charge on any atom is -0.507 e. The molecule has 13 heavy (non-hydrogen) atoms. The quantitative estimate of drug-likeness (QED) is 0.652. The summed E-state index contributed by atoms with van der Waals surface area (Å²) in [6, 6.07) is 0. The van der Waals surface area contributed by atoms with E-state index in [-0.39, 0.29) is 0 Å². The first-order valence-electron chi connectivity index (χ1n) is 4.51. The number of phenols is 2. The van der Waals surface area contributed by atoms with Crippen molar-refractivity contribution >= 4 is 0 Å². The summed E-state index contributed by atoms with van der Waals surface area (Å²) in [7, 11) is 0. The van der Waals surface area contributed by atoms with Gasteiger partial charge in [-0.2, -0.15) is 0 Å². The lowest BCUT2D eigenvalue weighted by Crippen LogP contribution is -1.94. The van der Waals surface area contributed by atoms with Gasteiger partial charge in [0, 0.05) is 5.56 Å². The van der Waals surface area contributed by atoms with Gasteiger partial charge in [-0.25, -0.2) is 0 Å². The second kappa shape index (κ2) is 3.29. The van der Waals surface area contributed by atoms with Crippen molar-refractivity contribution in [3.05, 3.63) is 22.3 Å². The molecule has 0 amide bonds. The summed E-state index contributed by atoms with van der Waals surface area (Å²) >= 11 is 0. The monoisotopic (exact) mass is 180 g/mol. The van der Waals surface area contributed by atoms with Gasteiger partial charge in [0.15, 0.2) is 0 Å². The lowest BCUT2D eigenvalue weighted by atomic mass is 9.96. The van der Waals surface area contributed by atoms with Crippen LogP contribution in [0.3, 0.4) is 0 Å². The molecule has 0 atom stereocenters. The Morgan fingerprint density at radius 3 is 1.77 bits per heavy atom. The van der Waals surface area contributed by atoms with Crippen LogP contribution < -0.4 is 0 Å². The lowest BCUT2D eigenvalue weighted by Gasteiger charge is -2.14. The molecule has 0 aliphatic heterocycles. The molecule has 1 aromatic rings. The first-order valence-corrected chi connectivity index (χ1v) is 4.51. The highest BCUT2D eigenvalue weighted by atomic mass is 16.3. The summed E-state index contributed by atoms with van der Waals surface area (Å²) in [6.07, 6.45) is 0.742. The molecule has 0 radical (unpaired) electrons. The predicted molar refractivity (Wildman–Crippen MR) is 53.4 cm³/mol.